The highest BCUT2D eigenvalue weighted by Crippen LogP contribution is 2.28. The number of pyridine rings is 1. The van der Waals surface area contributed by atoms with Gasteiger partial charge >= 0.3 is 6.09 Å². The number of aromatic nitrogens is 1. The van der Waals surface area contributed by atoms with Crippen molar-refractivity contribution >= 4 is 28.5 Å². The number of ether oxygens (including phenoxy) is 1. The highest BCUT2D eigenvalue weighted by atomic mass is 16.6. The fourth-order valence-electron chi connectivity index (χ4n) is 3.15. The van der Waals surface area contributed by atoms with E-state index in [1.165, 1.54) is 6.07 Å². The molecular formula is C19H24N4O4. The number of hydrogen-bond donors (Lipinski definition) is 0. The van der Waals surface area contributed by atoms with Gasteiger partial charge in [-0.1, -0.05) is 0 Å². The van der Waals surface area contributed by atoms with Crippen LogP contribution in [-0.2, 0) is 4.74 Å². The Hall–Kier alpha value is -2.90. The van der Waals surface area contributed by atoms with Gasteiger partial charge in [0.25, 0.3) is 5.69 Å². The third-order valence-corrected chi connectivity index (χ3v) is 4.55. The predicted molar refractivity (Wildman–Crippen MR) is 103 cm³/mol. The van der Waals surface area contributed by atoms with E-state index in [4.69, 9.17) is 4.74 Å². The quantitative estimate of drug-likeness (QED) is 0.592. The first kappa shape index (κ1) is 18.9. The zero-order valence-corrected chi connectivity index (χ0v) is 16.1. The number of anilines is 1. The molecule has 0 N–H and O–H groups in total. The fourth-order valence-corrected chi connectivity index (χ4v) is 3.15. The van der Waals surface area contributed by atoms with Crippen LogP contribution in [0.1, 0.15) is 26.3 Å². The molecule has 1 fully saturated rings. The highest BCUT2D eigenvalue weighted by molar-refractivity contribution is 5.86. The molecule has 2 heterocycles. The zero-order valence-electron chi connectivity index (χ0n) is 16.1. The Kier molecular flexibility index (Phi) is 4.91. The average Bonchev–Trinajstić information content (AvgIpc) is 2.60. The standard InChI is InChI=1S/C19H24N4O4/c1-13-14-5-8-17(20-15(14)6-7-16(13)23(25)26)21-9-11-22(12-10-21)18(24)27-19(2,3)4/h5-8H,9-12H2,1-4H3. The number of nitrogens with zero attached hydrogens (tertiary/aromatic N) is 4. The third kappa shape index (κ3) is 4.10. The molecule has 1 aromatic heterocycles. The van der Waals surface area contributed by atoms with Crippen LogP contribution in [-0.4, -0.2) is 52.7 Å². The Labute approximate surface area is 157 Å². The second-order valence-electron chi connectivity index (χ2n) is 7.66. The van der Waals surface area contributed by atoms with Gasteiger partial charge in [0.15, 0.2) is 0 Å². The van der Waals surface area contributed by atoms with Crippen molar-refractivity contribution in [1.29, 1.82) is 0 Å². The highest BCUT2D eigenvalue weighted by Gasteiger charge is 2.26. The maximum Gasteiger partial charge on any atom is 0.410 e. The van der Waals surface area contributed by atoms with Crippen molar-refractivity contribution in [3.8, 4) is 0 Å². The van der Waals surface area contributed by atoms with Crippen LogP contribution in [0.25, 0.3) is 10.9 Å². The van der Waals surface area contributed by atoms with E-state index in [0.29, 0.717) is 31.7 Å². The van der Waals surface area contributed by atoms with Crippen molar-refractivity contribution in [2.75, 3.05) is 31.1 Å². The molecule has 0 aliphatic carbocycles. The summed E-state index contributed by atoms with van der Waals surface area (Å²) in [5, 5.41) is 11.9. The van der Waals surface area contributed by atoms with Crippen LogP contribution in [0.4, 0.5) is 16.3 Å². The molecule has 0 bridgehead atoms. The van der Waals surface area contributed by atoms with Crippen LogP contribution >= 0.6 is 0 Å². The maximum atomic E-state index is 12.2. The number of rotatable bonds is 2. The number of carbonyl (C=O) groups is 1. The summed E-state index contributed by atoms with van der Waals surface area (Å²) in [4.78, 5) is 31.4. The van der Waals surface area contributed by atoms with Crippen molar-refractivity contribution in [3.05, 3.63) is 39.9 Å². The van der Waals surface area contributed by atoms with Crippen LogP contribution in [0.2, 0.25) is 0 Å². The topological polar surface area (TPSA) is 88.8 Å². The van der Waals surface area contributed by atoms with E-state index in [2.05, 4.69) is 9.88 Å². The van der Waals surface area contributed by atoms with Gasteiger partial charge in [0.1, 0.15) is 11.4 Å². The van der Waals surface area contributed by atoms with Gasteiger partial charge in [-0.25, -0.2) is 9.78 Å². The molecule has 1 amide bonds. The number of aryl methyl sites for hydroxylation is 1. The SMILES string of the molecule is Cc1c([N+](=O)[O-])ccc2nc(N3CCN(C(=O)OC(C)(C)C)CC3)ccc12. The lowest BCUT2D eigenvalue weighted by Crippen LogP contribution is -2.50. The minimum absolute atomic E-state index is 0.100. The summed E-state index contributed by atoms with van der Waals surface area (Å²) < 4.78 is 5.42. The van der Waals surface area contributed by atoms with Gasteiger partial charge in [-0.05, 0) is 45.9 Å². The molecule has 1 saturated heterocycles. The predicted octanol–water partition coefficient (Wildman–Crippen LogP) is 3.51. The lowest BCUT2D eigenvalue weighted by molar-refractivity contribution is -0.385. The lowest BCUT2D eigenvalue weighted by atomic mass is 10.1. The average molecular weight is 372 g/mol. The summed E-state index contributed by atoms with van der Waals surface area (Å²) in [6.07, 6.45) is -0.295. The molecule has 1 aliphatic rings. The Morgan fingerprint density at radius 3 is 2.41 bits per heavy atom. The van der Waals surface area contributed by atoms with Crippen LogP contribution in [0.5, 0.6) is 0 Å². The summed E-state index contributed by atoms with van der Waals surface area (Å²) in [5.74, 6) is 0.805. The lowest BCUT2D eigenvalue weighted by Gasteiger charge is -2.36. The van der Waals surface area contributed by atoms with Crippen LogP contribution in [0.15, 0.2) is 24.3 Å². The molecule has 27 heavy (non-hydrogen) atoms. The molecular weight excluding hydrogens is 348 g/mol. The molecule has 8 heteroatoms. The van der Waals surface area contributed by atoms with Crippen molar-refractivity contribution in [3.63, 3.8) is 0 Å². The largest absolute Gasteiger partial charge is 0.444 e. The van der Waals surface area contributed by atoms with E-state index in [1.54, 1.807) is 17.9 Å². The van der Waals surface area contributed by atoms with E-state index >= 15 is 0 Å². The first-order chi connectivity index (χ1) is 12.7. The van der Waals surface area contributed by atoms with Gasteiger partial charge in [0.2, 0.25) is 0 Å². The molecule has 0 atom stereocenters. The van der Waals surface area contributed by atoms with Crippen molar-refractivity contribution in [2.45, 2.75) is 33.3 Å². The molecule has 0 spiro atoms. The molecule has 0 unspecified atom stereocenters. The van der Waals surface area contributed by atoms with E-state index < -0.39 is 5.60 Å². The van der Waals surface area contributed by atoms with Gasteiger partial charge in [-0.3, -0.25) is 10.1 Å². The summed E-state index contributed by atoms with van der Waals surface area (Å²) >= 11 is 0. The molecule has 2 aromatic rings. The molecule has 0 saturated carbocycles. The first-order valence-electron chi connectivity index (χ1n) is 8.93. The van der Waals surface area contributed by atoms with Crippen molar-refractivity contribution < 1.29 is 14.5 Å². The summed E-state index contributed by atoms with van der Waals surface area (Å²) in [7, 11) is 0. The van der Waals surface area contributed by atoms with E-state index in [-0.39, 0.29) is 16.7 Å². The van der Waals surface area contributed by atoms with Gasteiger partial charge in [-0.2, -0.15) is 0 Å². The van der Waals surface area contributed by atoms with Crippen LogP contribution in [0.3, 0.4) is 0 Å². The molecule has 1 aromatic carbocycles. The third-order valence-electron chi connectivity index (χ3n) is 4.55. The van der Waals surface area contributed by atoms with Crippen molar-refractivity contribution in [1.82, 2.24) is 9.88 Å². The van der Waals surface area contributed by atoms with Crippen molar-refractivity contribution in [2.24, 2.45) is 0 Å². The van der Waals surface area contributed by atoms with E-state index in [1.807, 2.05) is 32.9 Å². The Morgan fingerprint density at radius 1 is 1.15 bits per heavy atom. The number of carbonyl (C=O) groups excluding carboxylic acids is 1. The fraction of sp³-hybridized carbons (Fsp3) is 0.474. The molecule has 0 radical (unpaired) electrons. The Morgan fingerprint density at radius 2 is 1.81 bits per heavy atom. The first-order valence-corrected chi connectivity index (χ1v) is 8.93. The molecule has 1 aliphatic heterocycles. The monoisotopic (exact) mass is 372 g/mol. The Balaban J connectivity index is 1.73. The second-order valence-corrected chi connectivity index (χ2v) is 7.66. The number of nitro benzene ring substituents is 1. The van der Waals surface area contributed by atoms with E-state index in [9.17, 15) is 14.9 Å². The number of nitro groups is 1. The zero-order chi connectivity index (χ0) is 19.8. The van der Waals surface area contributed by atoms with Gasteiger partial charge < -0.3 is 14.5 Å². The van der Waals surface area contributed by atoms with E-state index in [0.717, 1.165) is 16.7 Å². The summed E-state index contributed by atoms with van der Waals surface area (Å²) in [5.41, 5.74) is 0.939. The number of benzene rings is 1. The molecule has 3 rings (SSSR count). The van der Waals surface area contributed by atoms with Crippen LogP contribution in [0, 0.1) is 17.0 Å². The van der Waals surface area contributed by atoms with Gasteiger partial charge in [0.05, 0.1) is 10.4 Å². The summed E-state index contributed by atoms with van der Waals surface area (Å²) in [6.45, 7) is 9.74. The number of hydrogen-bond acceptors (Lipinski definition) is 6. The molecule has 144 valence electrons. The maximum absolute atomic E-state index is 12.2. The minimum Gasteiger partial charge on any atom is -0.444 e. The number of fused-ring (bicyclic) bond motifs is 1. The number of piperazine rings is 1. The minimum atomic E-state index is -0.505. The smallest absolute Gasteiger partial charge is 0.410 e. The number of amides is 1. The Bertz CT molecular complexity index is 883. The van der Waals surface area contributed by atoms with Gasteiger partial charge in [0, 0.05) is 43.2 Å². The van der Waals surface area contributed by atoms with Gasteiger partial charge in [-0.15, -0.1) is 0 Å². The summed E-state index contributed by atoms with van der Waals surface area (Å²) in [6, 6.07) is 6.93. The second kappa shape index (κ2) is 7.02. The van der Waals surface area contributed by atoms with Crippen LogP contribution < -0.4 is 4.90 Å². The molecule has 8 nitrogen and oxygen atoms in total. The normalized spacial score (nSPS) is 15.1.